The van der Waals surface area contributed by atoms with Gasteiger partial charge in [0.25, 0.3) is 0 Å². The molecule has 0 saturated heterocycles. The molecule has 12 rings (SSSR count). The van der Waals surface area contributed by atoms with Crippen LogP contribution in [0.4, 0.5) is 17.1 Å². The van der Waals surface area contributed by atoms with Gasteiger partial charge in [0.05, 0.1) is 17.1 Å². The third kappa shape index (κ3) is 6.63. The fraction of sp³-hybridized carbons (Fsp3) is 0. The third-order valence-electron chi connectivity index (χ3n) is 11.9. The lowest BCUT2D eigenvalue weighted by molar-refractivity contribution is 0.669. The molecule has 0 bridgehead atoms. The Kier molecular flexibility index (Phi) is 8.98. The highest BCUT2D eigenvalue weighted by atomic mass is 32.1. The van der Waals surface area contributed by atoms with E-state index in [1.165, 1.54) is 31.3 Å². The first-order chi connectivity index (χ1) is 31.2. The van der Waals surface area contributed by atoms with Crippen LogP contribution in [-0.4, -0.2) is 9.97 Å². The van der Waals surface area contributed by atoms with E-state index in [9.17, 15) is 0 Å². The topological polar surface area (TPSA) is 42.2 Å². The zero-order valence-corrected chi connectivity index (χ0v) is 34.8. The van der Waals surface area contributed by atoms with Crippen molar-refractivity contribution in [1.82, 2.24) is 9.97 Å². The van der Waals surface area contributed by atoms with Gasteiger partial charge in [-0.05, 0) is 71.3 Å². The maximum Gasteiger partial charge on any atom is 0.161 e. The van der Waals surface area contributed by atoms with Crippen LogP contribution in [0.15, 0.2) is 229 Å². The Bertz CT molecular complexity index is 3580. The molecule has 0 aliphatic heterocycles. The average molecular weight is 824 g/mol. The fourth-order valence-corrected chi connectivity index (χ4v) is 10.1. The van der Waals surface area contributed by atoms with Gasteiger partial charge in [-0.2, -0.15) is 0 Å². The molecular formula is C58H37N3OS. The van der Waals surface area contributed by atoms with Crippen molar-refractivity contribution >= 4 is 70.5 Å². The van der Waals surface area contributed by atoms with Crippen molar-refractivity contribution in [2.24, 2.45) is 0 Å². The van der Waals surface area contributed by atoms with Crippen molar-refractivity contribution < 1.29 is 4.42 Å². The summed E-state index contributed by atoms with van der Waals surface area (Å²) in [6, 6.07) is 79.1. The standard InChI is InChI=1S/C58H37N3OS/c1-4-16-38(17-5-1)41-22-14-23-42(34-41)45-24-10-12-27-52(45)61(44-30-32-47-46-25-11-13-29-55(46)63-56(47)36-44)43-31-33-48-54(35-43)62-53-28-15-26-49(57(48)53)58-59-50(39-18-6-2-7-19-39)37-51(60-58)40-20-8-3-9-21-40/h1-37H. The SMILES string of the molecule is c1ccc(-c2cccc(-c3ccccc3N(c3ccc4c(c3)oc3cccc(-c5nc(-c6ccccc6)cc(-c6ccccc6)n5)c34)c3ccc4c(c3)sc3ccccc34)c2)cc1. The number of fused-ring (bicyclic) bond motifs is 6. The molecule has 0 fully saturated rings. The zero-order chi connectivity index (χ0) is 41.7. The lowest BCUT2D eigenvalue weighted by atomic mass is 9.97. The summed E-state index contributed by atoms with van der Waals surface area (Å²) in [6.07, 6.45) is 0. The molecule has 0 aliphatic rings. The molecule has 0 atom stereocenters. The van der Waals surface area contributed by atoms with E-state index in [0.29, 0.717) is 5.82 Å². The second-order valence-corrected chi connectivity index (χ2v) is 16.8. The van der Waals surface area contributed by atoms with E-state index in [2.05, 4.69) is 181 Å². The summed E-state index contributed by atoms with van der Waals surface area (Å²) in [5.41, 5.74) is 14.1. The average Bonchev–Trinajstić information content (AvgIpc) is 3.93. The van der Waals surface area contributed by atoms with Crippen molar-refractivity contribution in [3.8, 4) is 56.2 Å². The molecule has 0 unspecified atom stereocenters. The second kappa shape index (κ2) is 15.4. The minimum Gasteiger partial charge on any atom is -0.456 e. The van der Waals surface area contributed by atoms with Gasteiger partial charge in [0, 0.05) is 70.6 Å². The first-order valence-corrected chi connectivity index (χ1v) is 22.0. The van der Waals surface area contributed by atoms with Gasteiger partial charge in [0.15, 0.2) is 5.82 Å². The van der Waals surface area contributed by atoms with E-state index in [4.69, 9.17) is 14.4 Å². The van der Waals surface area contributed by atoms with Gasteiger partial charge in [0.1, 0.15) is 11.2 Å². The molecule has 3 aromatic heterocycles. The lowest BCUT2D eigenvalue weighted by Crippen LogP contribution is -2.11. The Hall–Kier alpha value is -8.12. The number of hydrogen-bond acceptors (Lipinski definition) is 5. The van der Waals surface area contributed by atoms with Gasteiger partial charge < -0.3 is 9.32 Å². The first kappa shape index (κ1) is 36.7. The molecule has 0 N–H and O–H groups in total. The number of thiophene rings is 1. The Labute approximate surface area is 368 Å². The molecule has 9 aromatic carbocycles. The van der Waals surface area contributed by atoms with Gasteiger partial charge in [-0.25, -0.2) is 9.97 Å². The molecular weight excluding hydrogens is 787 g/mol. The van der Waals surface area contributed by atoms with Crippen LogP contribution in [0.1, 0.15) is 0 Å². The molecule has 12 aromatic rings. The van der Waals surface area contributed by atoms with E-state index >= 15 is 0 Å². The van der Waals surface area contributed by atoms with E-state index in [-0.39, 0.29) is 0 Å². The zero-order valence-electron chi connectivity index (χ0n) is 34.0. The molecule has 63 heavy (non-hydrogen) atoms. The largest absolute Gasteiger partial charge is 0.456 e. The van der Waals surface area contributed by atoms with Crippen LogP contribution in [0.25, 0.3) is 98.3 Å². The van der Waals surface area contributed by atoms with Crippen LogP contribution in [0.3, 0.4) is 0 Å². The van der Waals surface area contributed by atoms with E-state index in [1.54, 1.807) is 0 Å². The number of benzene rings is 9. The van der Waals surface area contributed by atoms with Gasteiger partial charge in [-0.3, -0.25) is 0 Å². The number of hydrogen-bond donors (Lipinski definition) is 0. The van der Waals surface area contributed by atoms with Crippen molar-refractivity contribution in [1.29, 1.82) is 0 Å². The molecule has 296 valence electrons. The quantitative estimate of drug-likeness (QED) is 0.153. The smallest absolute Gasteiger partial charge is 0.161 e. The molecule has 4 nitrogen and oxygen atoms in total. The summed E-state index contributed by atoms with van der Waals surface area (Å²) in [5, 5.41) is 4.53. The summed E-state index contributed by atoms with van der Waals surface area (Å²) in [4.78, 5) is 12.8. The van der Waals surface area contributed by atoms with Gasteiger partial charge in [-0.1, -0.05) is 164 Å². The number of nitrogens with zero attached hydrogens (tertiary/aromatic N) is 3. The van der Waals surface area contributed by atoms with Crippen LogP contribution in [0.2, 0.25) is 0 Å². The van der Waals surface area contributed by atoms with Crippen molar-refractivity contribution in [2.75, 3.05) is 4.90 Å². The van der Waals surface area contributed by atoms with Crippen LogP contribution < -0.4 is 4.90 Å². The summed E-state index contributed by atoms with van der Waals surface area (Å²) in [7, 11) is 0. The monoisotopic (exact) mass is 823 g/mol. The molecule has 3 heterocycles. The minimum absolute atomic E-state index is 0.650. The van der Waals surface area contributed by atoms with Crippen LogP contribution >= 0.6 is 11.3 Å². The minimum atomic E-state index is 0.650. The Morgan fingerprint density at radius 1 is 0.365 bits per heavy atom. The van der Waals surface area contributed by atoms with Crippen molar-refractivity contribution in [3.63, 3.8) is 0 Å². The molecule has 0 spiro atoms. The number of aromatic nitrogens is 2. The molecule has 0 saturated carbocycles. The summed E-state index contributed by atoms with van der Waals surface area (Å²) in [5.74, 6) is 0.650. The Balaban J connectivity index is 1.04. The number of para-hydroxylation sites is 1. The second-order valence-electron chi connectivity index (χ2n) is 15.7. The van der Waals surface area contributed by atoms with E-state index in [1.807, 2.05) is 59.9 Å². The van der Waals surface area contributed by atoms with Gasteiger partial charge in [0.2, 0.25) is 0 Å². The summed E-state index contributed by atoms with van der Waals surface area (Å²) in [6.45, 7) is 0. The van der Waals surface area contributed by atoms with Crippen molar-refractivity contribution in [3.05, 3.63) is 224 Å². The molecule has 0 amide bonds. The predicted octanol–water partition coefficient (Wildman–Crippen LogP) is 16.5. The number of rotatable bonds is 8. The Morgan fingerprint density at radius 3 is 1.70 bits per heavy atom. The number of furan rings is 1. The van der Waals surface area contributed by atoms with Gasteiger partial charge >= 0.3 is 0 Å². The molecule has 0 radical (unpaired) electrons. The molecule has 0 aliphatic carbocycles. The van der Waals surface area contributed by atoms with E-state index in [0.717, 1.165) is 78.2 Å². The summed E-state index contributed by atoms with van der Waals surface area (Å²) < 4.78 is 9.34. The summed E-state index contributed by atoms with van der Waals surface area (Å²) >= 11 is 1.83. The third-order valence-corrected chi connectivity index (χ3v) is 13.0. The normalized spacial score (nSPS) is 11.5. The maximum atomic E-state index is 6.82. The van der Waals surface area contributed by atoms with Crippen LogP contribution in [-0.2, 0) is 0 Å². The highest BCUT2D eigenvalue weighted by Gasteiger charge is 2.22. The van der Waals surface area contributed by atoms with Crippen molar-refractivity contribution in [2.45, 2.75) is 0 Å². The first-order valence-electron chi connectivity index (χ1n) is 21.1. The highest BCUT2D eigenvalue weighted by Crippen LogP contribution is 2.46. The van der Waals surface area contributed by atoms with Crippen LogP contribution in [0.5, 0.6) is 0 Å². The van der Waals surface area contributed by atoms with Gasteiger partial charge in [-0.15, -0.1) is 11.3 Å². The van der Waals surface area contributed by atoms with Crippen LogP contribution in [0, 0.1) is 0 Å². The lowest BCUT2D eigenvalue weighted by Gasteiger charge is -2.28. The highest BCUT2D eigenvalue weighted by molar-refractivity contribution is 7.25. The molecule has 5 heteroatoms. The predicted molar refractivity (Wildman–Crippen MR) is 264 cm³/mol. The fourth-order valence-electron chi connectivity index (χ4n) is 8.91. The maximum absolute atomic E-state index is 6.82. The van der Waals surface area contributed by atoms with E-state index < -0.39 is 0 Å². The number of anilines is 3. The Morgan fingerprint density at radius 2 is 0.937 bits per heavy atom.